The summed E-state index contributed by atoms with van der Waals surface area (Å²) in [5, 5.41) is 22.9. The quantitative estimate of drug-likeness (QED) is 0.444. The van der Waals surface area contributed by atoms with Gasteiger partial charge >= 0.3 is 5.97 Å². The molecule has 1 heterocycles. The Bertz CT molecular complexity index is 632. The van der Waals surface area contributed by atoms with E-state index in [2.05, 4.69) is 5.32 Å². The van der Waals surface area contributed by atoms with Crippen molar-refractivity contribution < 1.29 is 19.6 Å². The highest BCUT2D eigenvalue weighted by molar-refractivity contribution is 5.78. The molecule has 2 atom stereocenters. The second-order valence-corrected chi connectivity index (χ2v) is 6.25. The summed E-state index contributed by atoms with van der Waals surface area (Å²) >= 11 is 0. The first-order valence-corrected chi connectivity index (χ1v) is 8.40. The molecule has 0 spiro atoms. The highest BCUT2D eigenvalue weighted by Crippen LogP contribution is 2.24. The van der Waals surface area contributed by atoms with Crippen LogP contribution in [0.2, 0.25) is 0 Å². The smallest absolute Gasteiger partial charge is 0.308 e. The molecule has 8 nitrogen and oxygen atoms in total. The SMILES string of the molecule is C[C@@H]1[C@H](C(=O)O)CCCN1C(=O)CCCNc1ccc([N+](=O)[O-])cc1. The molecule has 0 saturated carbocycles. The van der Waals surface area contributed by atoms with Gasteiger partial charge in [0.15, 0.2) is 0 Å². The fraction of sp³-hybridized carbons (Fsp3) is 0.529. The largest absolute Gasteiger partial charge is 0.481 e. The number of aliphatic carboxylic acids is 1. The summed E-state index contributed by atoms with van der Waals surface area (Å²) in [6.07, 6.45) is 2.28. The molecule has 0 radical (unpaired) electrons. The van der Waals surface area contributed by atoms with Crippen molar-refractivity contribution in [2.45, 2.75) is 38.6 Å². The molecule has 25 heavy (non-hydrogen) atoms. The predicted octanol–water partition coefficient (Wildman–Crippen LogP) is 2.50. The molecule has 0 aliphatic carbocycles. The standard InChI is InChI=1S/C17H23N3O5/c1-12-15(17(22)23)4-3-11-19(12)16(21)5-2-10-18-13-6-8-14(9-7-13)20(24)25/h6-9,12,15,18H,2-5,10-11H2,1H3,(H,22,23)/t12-,15-/m1/s1. The van der Waals surface area contributed by atoms with Crippen molar-refractivity contribution in [3.05, 3.63) is 34.4 Å². The molecule has 1 aliphatic rings. The van der Waals surface area contributed by atoms with E-state index in [9.17, 15) is 24.8 Å². The maximum atomic E-state index is 12.3. The molecular weight excluding hydrogens is 326 g/mol. The molecule has 1 saturated heterocycles. The van der Waals surface area contributed by atoms with Crippen molar-refractivity contribution in [2.24, 2.45) is 5.92 Å². The lowest BCUT2D eigenvalue weighted by atomic mass is 9.90. The van der Waals surface area contributed by atoms with Gasteiger partial charge in [0.2, 0.25) is 5.91 Å². The molecule has 1 aromatic rings. The van der Waals surface area contributed by atoms with E-state index in [1.165, 1.54) is 12.1 Å². The number of nitrogens with zero attached hydrogens (tertiary/aromatic N) is 2. The first kappa shape index (κ1) is 18.7. The third-order valence-corrected chi connectivity index (χ3v) is 4.60. The topological polar surface area (TPSA) is 113 Å². The van der Waals surface area contributed by atoms with Gasteiger partial charge in [-0.1, -0.05) is 0 Å². The minimum atomic E-state index is -0.843. The lowest BCUT2D eigenvalue weighted by molar-refractivity contribution is -0.384. The Morgan fingerprint density at radius 2 is 2.04 bits per heavy atom. The highest BCUT2D eigenvalue weighted by Gasteiger charge is 2.34. The van der Waals surface area contributed by atoms with Gasteiger partial charge in [0.1, 0.15) is 0 Å². The number of nitrogens with one attached hydrogen (secondary N) is 1. The van der Waals surface area contributed by atoms with Gasteiger partial charge in [-0.05, 0) is 38.3 Å². The van der Waals surface area contributed by atoms with Crippen molar-refractivity contribution in [2.75, 3.05) is 18.4 Å². The third-order valence-electron chi connectivity index (χ3n) is 4.60. The van der Waals surface area contributed by atoms with Crippen LogP contribution in [0.5, 0.6) is 0 Å². The van der Waals surface area contributed by atoms with E-state index >= 15 is 0 Å². The molecule has 0 bridgehead atoms. The van der Waals surface area contributed by atoms with Crippen LogP contribution in [0.4, 0.5) is 11.4 Å². The number of nitro benzene ring substituents is 1. The number of carbonyl (C=O) groups excluding carboxylic acids is 1. The number of nitro groups is 1. The summed E-state index contributed by atoms with van der Waals surface area (Å²) in [7, 11) is 0. The zero-order valence-electron chi connectivity index (χ0n) is 14.2. The lowest BCUT2D eigenvalue weighted by Gasteiger charge is -2.37. The van der Waals surface area contributed by atoms with Crippen LogP contribution in [-0.2, 0) is 9.59 Å². The van der Waals surface area contributed by atoms with Crippen LogP contribution in [0.15, 0.2) is 24.3 Å². The molecule has 1 amide bonds. The zero-order chi connectivity index (χ0) is 18.4. The van der Waals surface area contributed by atoms with E-state index in [1.807, 2.05) is 0 Å². The summed E-state index contributed by atoms with van der Waals surface area (Å²) < 4.78 is 0. The monoisotopic (exact) mass is 349 g/mol. The molecule has 1 aliphatic heterocycles. The van der Waals surface area contributed by atoms with Crippen LogP contribution in [0.3, 0.4) is 0 Å². The molecule has 136 valence electrons. The summed E-state index contributed by atoms with van der Waals surface area (Å²) in [5.74, 6) is -1.36. The van der Waals surface area contributed by atoms with Gasteiger partial charge < -0.3 is 15.3 Å². The van der Waals surface area contributed by atoms with Gasteiger partial charge in [-0.3, -0.25) is 19.7 Å². The first-order chi connectivity index (χ1) is 11.9. The second-order valence-electron chi connectivity index (χ2n) is 6.25. The Hall–Kier alpha value is -2.64. The summed E-state index contributed by atoms with van der Waals surface area (Å²) in [6, 6.07) is 5.83. The van der Waals surface area contributed by atoms with Crippen molar-refractivity contribution in [1.29, 1.82) is 0 Å². The number of carboxylic acids is 1. The summed E-state index contributed by atoms with van der Waals surface area (Å²) in [5.41, 5.74) is 0.795. The number of amides is 1. The molecule has 2 N–H and O–H groups in total. The normalized spacial score (nSPS) is 20.1. The Morgan fingerprint density at radius 1 is 1.36 bits per heavy atom. The average molecular weight is 349 g/mol. The van der Waals surface area contributed by atoms with Crippen molar-refractivity contribution in [3.8, 4) is 0 Å². The minimum absolute atomic E-state index is 0.0241. The van der Waals surface area contributed by atoms with Crippen molar-refractivity contribution in [1.82, 2.24) is 4.90 Å². The van der Waals surface area contributed by atoms with Crippen LogP contribution < -0.4 is 5.32 Å². The van der Waals surface area contributed by atoms with Crippen molar-refractivity contribution >= 4 is 23.3 Å². The number of carbonyl (C=O) groups is 2. The van der Waals surface area contributed by atoms with Gasteiger partial charge in [0.25, 0.3) is 5.69 Å². The van der Waals surface area contributed by atoms with E-state index < -0.39 is 16.8 Å². The molecule has 2 rings (SSSR count). The summed E-state index contributed by atoms with van der Waals surface area (Å²) in [6.45, 7) is 2.97. The fourth-order valence-corrected chi connectivity index (χ4v) is 3.14. The molecule has 1 aromatic carbocycles. The third kappa shape index (κ3) is 4.91. The van der Waals surface area contributed by atoms with Crippen LogP contribution in [0.25, 0.3) is 0 Å². The van der Waals surface area contributed by atoms with Crippen LogP contribution in [0.1, 0.15) is 32.6 Å². The van der Waals surface area contributed by atoms with Crippen LogP contribution in [0, 0.1) is 16.0 Å². The number of carboxylic acid groups (broad SMARTS) is 1. The molecule has 8 heteroatoms. The maximum absolute atomic E-state index is 12.3. The van der Waals surface area contributed by atoms with Crippen LogP contribution >= 0.6 is 0 Å². The van der Waals surface area contributed by atoms with Gasteiger partial charge in [-0.2, -0.15) is 0 Å². The molecular formula is C17H23N3O5. The van der Waals surface area contributed by atoms with Gasteiger partial charge in [0, 0.05) is 43.4 Å². The van der Waals surface area contributed by atoms with E-state index in [1.54, 1.807) is 24.0 Å². The van der Waals surface area contributed by atoms with E-state index in [0.717, 1.165) is 5.69 Å². The fourth-order valence-electron chi connectivity index (χ4n) is 3.14. The van der Waals surface area contributed by atoms with Gasteiger partial charge in [-0.15, -0.1) is 0 Å². The molecule has 0 unspecified atom stereocenters. The Balaban J connectivity index is 1.76. The van der Waals surface area contributed by atoms with Gasteiger partial charge in [-0.25, -0.2) is 0 Å². The van der Waals surface area contributed by atoms with E-state index in [4.69, 9.17) is 0 Å². The van der Waals surface area contributed by atoms with E-state index in [0.29, 0.717) is 38.8 Å². The number of hydrogen-bond acceptors (Lipinski definition) is 5. The first-order valence-electron chi connectivity index (χ1n) is 8.40. The lowest BCUT2D eigenvalue weighted by Crippen LogP contribution is -2.49. The Labute approximate surface area is 146 Å². The number of anilines is 1. The van der Waals surface area contributed by atoms with E-state index in [-0.39, 0.29) is 17.6 Å². The molecule has 1 fully saturated rings. The maximum Gasteiger partial charge on any atom is 0.308 e. The molecule has 0 aromatic heterocycles. The number of benzene rings is 1. The number of rotatable bonds is 7. The number of likely N-dealkylation sites (tertiary alicyclic amines) is 1. The Morgan fingerprint density at radius 3 is 2.64 bits per heavy atom. The number of non-ortho nitro benzene ring substituents is 1. The number of piperidine rings is 1. The second kappa shape index (κ2) is 8.46. The highest BCUT2D eigenvalue weighted by atomic mass is 16.6. The average Bonchev–Trinajstić information content (AvgIpc) is 2.58. The van der Waals surface area contributed by atoms with Crippen LogP contribution in [-0.4, -0.2) is 45.9 Å². The van der Waals surface area contributed by atoms with Gasteiger partial charge in [0.05, 0.1) is 10.8 Å². The zero-order valence-corrected chi connectivity index (χ0v) is 14.2. The Kier molecular flexibility index (Phi) is 6.32. The number of hydrogen-bond donors (Lipinski definition) is 2. The predicted molar refractivity (Wildman–Crippen MR) is 92.4 cm³/mol. The minimum Gasteiger partial charge on any atom is -0.481 e. The summed E-state index contributed by atoms with van der Waals surface area (Å²) in [4.78, 5) is 35.4. The van der Waals surface area contributed by atoms with Crippen molar-refractivity contribution in [3.63, 3.8) is 0 Å².